The molecule has 3 heterocycles. The first-order chi connectivity index (χ1) is 30.3. The summed E-state index contributed by atoms with van der Waals surface area (Å²) in [5.41, 5.74) is 12.9. The molecule has 5 heteroatoms. The van der Waals surface area contributed by atoms with Crippen LogP contribution in [0.5, 0.6) is 0 Å². The number of para-hydroxylation sites is 3. The molecule has 0 radical (unpaired) electrons. The molecule has 3 aromatic heterocycles. The molecule has 0 N–H and O–H groups in total. The largest absolute Gasteiger partial charge is 0.455 e. The third kappa shape index (κ3) is 5.78. The molecule has 0 spiro atoms. The van der Waals surface area contributed by atoms with Crippen LogP contribution in [0, 0.1) is 0 Å². The van der Waals surface area contributed by atoms with Crippen molar-refractivity contribution in [1.82, 2.24) is 14.5 Å². The number of anilines is 3. The van der Waals surface area contributed by atoms with E-state index in [0.29, 0.717) is 5.82 Å². The van der Waals surface area contributed by atoms with Crippen molar-refractivity contribution >= 4 is 71.6 Å². The van der Waals surface area contributed by atoms with Gasteiger partial charge in [-0.05, 0) is 72.1 Å². The van der Waals surface area contributed by atoms with Gasteiger partial charge in [0.2, 0.25) is 0 Å². The zero-order chi connectivity index (χ0) is 40.3. The Bertz CT molecular complexity index is 3520. The van der Waals surface area contributed by atoms with E-state index in [1.54, 1.807) is 0 Å². The monoisotopic (exact) mass is 780 g/mol. The Morgan fingerprint density at radius 3 is 1.70 bits per heavy atom. The van der Waals surface area contributed by atoms with Crippen LogP contribution in [0.3, 0.4) is 0 Å². The number of aromatic nitrogens is 3. The highest BCUT2D eigenvalue weighted by Gasteiger charge is 2.24. The van der Waals surface area contributed by atoms with Crippen LogP contribution in [-0.4, -0.2) is 14.5 Å². The number of fused-ring (bicyclic) bond motifs is 8. The molecule has 0 fully saturated rings. The third-order valence-corrected chi connectivity index (χ3v) is 11.8. The summed E-state index contributed by atoms with van der Waals surface area (Å²) >= 11 is 0. The summed E-state index contributed by atoms with van der Waals surface area (Å²) in [6.07, 6.45) is 0. The van der Waals surface area contributed by atoms with Gasteiger partial charge in [0.15, 0.2) is 5.82 Å². The lowest BCUT2D eigenvalue weighted by Gasteiger charge is -2.26. The molecule has 0 aliphatic rings. The smallest absolute Gasteiger partial charge is 0.161 e. The summed E-state index contributed by atoms with van der Waals surface area (Å²) in [4.78, 5) is 13.0. The predicted octanol–water partition coefficient (Wildman–Crippen LogP) is 15.1. The summed E-state index contributed by atoms with van der Waals surface area (Å²) in [6, 6.07) is 76.6. The maximum atomic E-state index is 6.92. The van der Waals surface area contributed by atoms with Crippen molar-refractivity contribution < 1.29 is 4.42 Å². The third-order valence-electron chi connectivity index (χ3n) is 11.8. The Morgan fingerprint density at radius 2 is 1.00 bits per heavy atom. The molecule has 0 amide bonds. The molecule has 0 aliphatic heterocycles. The van der Waals surface area contributed by atoms with Gasteiger partial charge in [-0.1, -0.05) is 152 Å². The van der Waals surface area contributed by atoms with Crippen LogP contribution in [0.25, 0.3) is 94.1 Å². The molecule has 0 unspecified atom stereocenters. The fourth-order valence-corrected chi connectivity index (χ4v) is 9.04. The van der Waals surface area contributed by atoms with Crippen LogP contribution in [0.4, 0.5) is 17.1 Å². The number of rotatable bonds is 7. The number of nitrogens with zero attached hydrogens (tertiary/aromatic N) is 4. The summed E-state index contributed by atoms with van der Waals surface area (Å²) in [7, 11) is 0. The predicted molar refractivity (Wildman–Crippen MR) is 252 cm³/mol. The van der Waals surface area contributed by atoms with E-state index in [9.17, 15) is 0 Å². The fourth-order valence-electron chi connectivity index (χ4n) is 9.04. The van der Waals surface area contributed by atoms with E-state index in [-0.39, 0.29) is 0 Å². The van der Waals surface area contributed by atoms with Crippen LogP contribution < -0.4 is 4.90 Å². The van der Waals surface area contributed by atoms with Crippen molar-refractivity contribution in [3.05, 3.63) is 218 Å². The van der Waals surface area contributed by atoms with Gasteiger partial charge in [-0.15, -0.1) is 0 Å². The minimum absolute atomic E-state index is 0.657. The average Bonchev–Trinajstić information content (AvgIpc) is 3.89. The van der Waals surface area contributed by atoms with Crippen LogP contribution in [-0.2, 0) is 0 Å². The highest BCUT2D eigenvalue weighted by molar-refractivity contribution is 6.22. The van der Waals surface area contributed by atoms with E-state index in [0.717, 1.165) is 89.1 Å². The van der Waals surface area contributed by atoms with Crippen molar-refractivity contribution in [2.75, 3.05) is 4.90 Å². The normalized spacial score (nSPS) is 11.6. The van der Waals surface area contributed by atoms with Gasteiger partial charge in [-0.2, -0.15) is 0 Å². The molecule has 0 bridgehead atoms. The van der Waals surface area contributed by atoms with E-state index >= 15 is 0 Å². The zero-order valence-electron chi connectivity index (χ0n) is 33.0. The highest BCUT2D eigenvalue weighted by atomic mass is 16.3. The number of benzene rings is 9. The molecule has 286 valence electrons. The SMILES string of the molecule is c1ccc(-c2cc(-c3ccccc3)nc(-c3cc4c(oc5cccc(N(c6ccccc6)c6ccc7c8ccccc8n(-c8ccccc8)c7c6)c54)c4ccccc34)n2)cc1. The summed E-state index contributed by atoms with van der Waals surface area (Å²) in [6.45, 7) is 0. The van der Waals surface area contributed by atoms with E-state index in [4.69, 9.17) is 14.4 Å². The second kappa shape index (κ2) is 14.2. The van der Waals surface area contributed by atoms with E-state index in [1.165, 1.54) is 16.3 Å². The standard InChI is InChI=1S/C56H36N4O/c1-5-18-37(19-6-1)48-36-49(38-20-7-2-8-21-38)58-56(57-48)46-35-47-54-51(30-17-31-53(54)61-55(47)45-28-14-13-26-42(45)46)59(39-22-9-3-10-23-39)41-32-33-44-43-27-15-16-29-50(43)60(52(44)34-41)40-24-11-4-12-25-40/h1-36H. The molecule has 12 rings (SSSR count). The van der Waals surface area contributed by atoms with Gasteiger partial charge in [0.1, 0.15) is 11.2 Å². The molecule has 0 atom stereocenters. The van der Waals surface area contributed by atoms with Gasteiger partial charge in [0, 0.05) is 55.3 Å². The summed E-state index contributed by atoms with van der Waals surface area (Å²) in [5, 5.41) is 6.46. The molecule has 0 aliphatic carbocycles. The van der Waals surface area contributed by atoms with Gasteiger partial charge in [-0.25, -0.2) is 9.97 Å². The van der Waals surface area contributed by atoms with Crippen molar-refractivity contribution in [2.45, 2.75) is 0 Å². The lowest BCUT2D eigenvalue weighted by Crippen LogP contribution is -2.10. The van der Waals surface area contributed by atoms with Gasteiger partial charge in [-0.3, -0.25) is 0 Å². The molecule has 12 aromatic rings. The van der Waals surface area contributed by atoms with Crippen LogP contribution in [0.1, 0.15) is 0 Å². The van der Waals surface area contributed by atoms with E-state index in [2.05, 4.69) is 216 Å². The van der Waals surface area contributed by atoms with Gasteiger partial charge >= 0.3 is 0 Å². The van der Waals surface area contributed by atoms with Crippen LogP contribution >= 0.6 is 0 Å². The second-order valence-electron chi connectivity index (χ2n) is 15.4. The summed E-state index contributed by atoms with van der Waals surface area (Å²) < 4.78 is 9.29. The second-order valence-corrected chi connectivity index (χ2v) is 15.4. The fraction of sp³-hybridized carbons (Fsp3) is 0. The Morgan fingerprint density at radius 1 is 0.410 bits per heavy atom. The lowest BCUT2D eigenvalue weighted by molar-refractivity contribution is 0.672. The first-order valence-electron chi connectivity index (χ1n) is 20.6. The van der Waals surface area contributed by atoms with Gasteiger partial charge in [0.25, 0.3) is 0 Å². The van der Waals surface area contributed by atoms with E-state index < -0.39 is 0 Å². The number of hydrogen-bond acceptors (Lipinski definition) is 4. The first kappa shape index (κ1) is 34.7. The van der Waals surface area contributed by atoms with Crippen LogP contribution in [0.2, 0.25) is 0 Å². The minimum atomic E-state index is 0.657. The quantitative estimate of drug-likeness (QED) is 0.162. The Labute approximate surface area is 352 Å². The van der Waals surface area contributed by atoms with Gasteiger partial charge in [0.05, 0.1) is 33.5 Å². The Kier molecular flexibility index (Phi) is 8.10. The molecular formula is C56H36N4O. The number of furan rings is 1. The van der Waals surface area contributed by atoms with Crippen molar-refractivity contribution in [2.24, 2.45) is 0 Å². The van der Waals surface area contributed by atoms with E-state index in [1.807, 2.05) is 12.1 Å². The minimum Gasteiger partial charge on any atom is -0.455 e. The summed E-state index contributed by atoms with van der Waals surface area (Å²) in [5.74, 6) is 0.657. The Balaban J connectivity index is 1.13. The molecule has 0 saturated heterocycles. The van der Waals surface area contributed by atoms with Crippen molar-refractivity contribution in [3.8, 4) is 39.6 Å². The topological polar surface area (TPSA) is 47.1 Å². The number of hydrogen-bond donors (Lipinski definition) is 0. The molecule has 5 nitrogen and oxygen atoms in total. The molecule has 9 aromatic carbocycles. The van der Waals surface area contributed by atoms with Crippen LogP contribution in [0.15, 0.2) is 223 Å². The maximum absolute atomic E-state index is 6.92. The maximum Gasteiger partial charge on any atom is 0.161 e. The van der Waals surface area contributed by atoms with Gasteiger partial charge < -0.3 is 13.9 Å². The molecule has 0 saturated carbocycles. The average molecular weight is 781 g/mol. The zero-order valence-corrected chi connectivity index (χ0v) is 33.0. The highest BCUT2D eigenvalue weighted by Crippen LogP contribution is 2.47. The van der Waals surface area contributed by atoms with Crippen molar-refractivity contribution in [3.63, 3.8) is 0 Å². The molecular weight excluding hydrogens is 745 g/mol. The van der Waals surface area contributed by atoms with Crippen molar-refractivity contribution in [1.29, 1.82) is 0 Å². The lowest BCUT2D eigenvalue weighted by atomic mass is 9.98. The Hall–Kier alpha value is -8.28. The molecule has 61 heavy (non-hydrogen) atoms. The first-order valence-corrected chi connectivity index (χ1v) is 20.6.